The van der Waals surface area contributed by atoms with Crippen LogP contribution in [0.1, 0.15) is 28.8 Å². The molecule has 3 rings (SSSR count). The molecule has 0 aliphatic heterocycles. The molecule has 35 heavy (non-hydrogen) atoms. The minimum atomic E-state index is -3.56. The van der Waals surface area contributed by atoms with Crippen molar-refractivity contribution < 1.29 is 22.7 Å². The van der Waals surface area contributed by atoms with Gasteiger partial charge in [0.2, 0.25) is 15.9 Å². The Morgan fingerprint density at radius 1 is 1.06 bits per heavy atom. The predicted octanol–water partition coefficient (Wildman–Crippen LogP) is 3.21. The molecular weight excluding hydrogens is 468 g/mol. The molecule has 2 N–H and O–H groups in total. The van der Waals surface area contributed by atoms with Crippen molar-refractivity contribution in [2.75, 3.05) is 29.5 Å². The fraction of sp³-hybridized carbons (Fsp3) is 0.240. The third-order valence-electron chi connectivity index (χ3n) is 5.13. The Kier molecular flexibility index (Phi) is 8.80. The van der Waals surface area contributed by atoms with Crippen LogP contribution in [0.15, 0.2) is 73.1 Å². The van der Waals surface area contributed by atoms with Crippen LogP contribution >= 0.6 is 0 Å². The van der Waals surface area contributed by atoms with Crippen molar-refractivity contribution in [3.05, 3.63) is 84.2 Å². The molecule has 2 amide bonds. The highest BCUT2D eigenvalue weighted by atomic mass is 32.2. The van der Waals surface area contributed by atoms with Crippen molar-refractivity contribution in [1.29, 1.82) is 0 Å². The van der Waals surface area contributed by atoms with Gasteiger partial charge in [0.15, 0.2) is 0 Å². The van der Waals surface area contributed by atoms with Gasteiger partial charge in [0, 0.05) is 38.0 Å². The summed E-state index contributed by atoms with van der Waals surface area (Å²) in [7, 11) is -2.05. The lowest BCUT2D eigenvalue weighted by Gasteiger charge is -2.22. The monoisotopic (exact) mass is 496 g/mol. The van der Waals surface area contributed by atoms with Crippen LogP contribution in [-0.4, -0.2) is 45.1 Å². The number of pyridine rings is 1. The number of nitrogens with zero attached hydrogens (tertiary/aromatic N) is 2. The average molecular weight is 497 g/mol. The van der Waals surface area contributed by atoms with Crippen LogP contribution in [0.3, 0.4) is 0 Å². The second kappa shape index (κ2) is 12.0. The number of aromatic nitrogens is 1. The van der Waals surface area contributed by atoms with Crippen molar-refractivity contribution >= 4 is 33.2 Å². The summed E-state index contributed by atoms with van der Waals surface area (Å²) in [6.45, 7) is 0.424. The molecule has 10 heteroatoms. The van der Waals surface area contributed by atoms with Gasteiger partial charge >= 0.3 is 0 Å². The van der Waals surface area contributed by atoms with E-state index in [1.165, 1.54) is 11.4 Å². The number of benzene rings is 2. The van der Waals surface area contributed by atoms with E-state index in [1.54, 1.807) is 67.0 Å². The second-order valence-corrected chi connectivity index (χ2v) is 9.68. The molecule has 9 nitrogen and oxygen atoms in total. The maximum Gasteiger partial charge on any atom is 0.253 e. The molecule has 1 heterocycles. The molecule has 0 spiro atoms. The Bertz CT molecular complexity index is 1270. The summed E-state index contributed by atoms with van der Waals surface area (Å²) in [6.07, 6.45) is 4.79. The number of anilines is 2. The zero-order valence-electron chi connectivity index (χ0n) is 19.6. The molecule has 1 aromatic heterocycles. The van der Waals surface area contributed by atoms with Gasteiger partial charge in [-0.3, -0.25) is 18.9 Å². The van der Waals surface area contributed by atoms with E-state index in [0.29, 0.717) is 29.2 Å². The number of rotatable bonds is 11. The maximum atomic E-state index is 12.7. The molecule has 0 fully saturated rings. The van der Waals surface area contributed by atoms with E-state index in [9.17, 15) is 18.0 Å². The quantitative estimate of drug-likeness (QED) is 0.421. The first-order valence-corrected chi connectivity index (χ1v) is 12.8. The van der Waals surface area contributed by atoms with Gasteiger partial charge < -0.3 is 15.4 Å². The molecule has 0 radical (unpaired) electrons. The highest BCUT2D eigenvalue weighted by molar-refractivity contribution is 7.92. The number of hydrogen-bond donors (Lipinski definition) is 2. The molecule has 0 aliphatic carbocycles. The smallest absolute Gasteiger partial charge is 0.253 e. The Labute approximate surface area is 205 Å². The maximum absolute atomic E-state index is 12.7. The fourth-order valence-corrected chi connectivity index (χ4v) is 4.38. The number of methoxy groups -OCH3 is 1. The molecule has 0 atom stereocenters. The van der Waals surface area contributed by atoms with Gasteiger partial charge in [0.05, 0.1) is 30.3 Å². The summed E-state index contributed by atoms with van der Waals surface area (Å²) < 4.78 is 31.1. The molecule has 0 aliphatic rings. The van der Waals surface area contributed by atoms with Crippen molar-refractivity contribution in [1.82, 2.24) is 10.3 Å². The number of carbonyl (C=O) groups is 2. The number of nitrogens with one attached hydrogen (secondary N) is 2. The number of ether oxygens (including phenoxy) is 1. The fourth-order valence-electron chi connectivity index (χ4n) is 3.42. The molecule has 0 saturated carbocycles. The van der Waals surface area contributed by atoms with Crippen LogP contribution in [-0.2, 0) is 21.4 Å². The normalized spacial score (nSPS) is 10.9. The summed E-state index contributed by atoms with van der Waals surface area (Å²) in [6, 6.07) is 17.1. The van der Waals surface area contributed by atoms with E-state index in [2.05, 4.69) is 15.6 Å². The summed E-state index contributed by atoms with van der Waals surface area (Å²) in [5.41, 5.74) is 2.03. The van der Waals surface area contributed by atoms with Crippen LogP contribution < -0.4 is 19.7 Å². The molecule has 184 valence electrons. The lowest BCUT2D eigenvalue weighted by molar-refractivity contribution is -0.116. The van der Waals surface area contributed by atoms with Crippen LogP contribution in [0, 0.1) is 0 Å². The number of amides is 2. The van der Waals surface area contributed by atoms with Crippen LogP contribution in [0.25, 0.3) is 0 Å². The summed E-state index contributed by atoms with van der Waals surface area (Å²) in [4.78, 5) is 29.3. The first-order chi connectivity index (χ1) is 16.8. The van der Waals surface area contributed by atoms with Crippen LogP contribution in [0.2, 0.25) is 0 Å². The minimum absolute atomic E-state index is 0.0711. The molecule has 0 bridgehead atoms. The van der Waals surface area contributed by atoms with E-state index >= 15 is 0 Å². The van der Waals surface area contributed by atoms with Crippen LogP contribution in [0.5, 0.6) is 5.75 Å². The highest BCUT2D eigenvalue weighted by Gasteiger charge is 2.19. The van der Waals surface area contributed by atoms with Gasteiger partial charge in [-0.15, -0.1) is 0 Å². The molecular formula is C25H28N4O5S. The standard InChI is InChI=1S/C25H28N4O5S/c1-34-21-10-5-9-20(16-21)29(35(2,32)33)15-7-13-24(30)28-23-12-4-3-11-22(23)25(31)27-18-19-8-6-14-26-17-19/h3-6,8-12,14,16-17H,7,13,15,18H2,1-2H3,(H,27,31)(H,28,30). The third-order valence-corrected chi connectivity index (χ3v) is 6.32. The highest BCUT2D eigenvalue weighted by Crippen LogP contribution is 2.23. The van der Waals surface area contributed by atoms with Crippen molar-refractivity contribution in [3.63, 3.8) is 0 Å². The Hall–Kier alpha value is -3.92. The van der Waals surface area contributed by atoms with Gasteiger partial charge in [-0.1, -0.05) is 24.3 Å². The predicted molar refractivity (Wildman–Crippen MR) is 135 cm³/mol. The Morgan fingerprint density at radius 3 is 2.57 bits per heavy atom. The lowest BCUT2D eigenvalue weighted by atomic mass is 10.1. The van der Waals surface area contributed by atoms with Crippen molar-refractivity contribution in [2.24, 2.45) is 0 Å². The third kappa shape index (κ3) is 7.54. The average Bonchev–Trinajstić information content (AvgIpc) is 2.85. The van der Waals surface area contributed by atoms with Gasteiger partial charge in [-0.05, 0) is 42.3 Å². The zero-order valence-corrected chi connectivity index (χ0v) is 20.4. The van der Waals surface area contributed by atoms with Gasteiger partial charge in [-0.25, -0.2) is 8.42 Å². The van der Waals surface area contributed by atoms with E-state index in [0.717, 1.165) is 11.8 Å². The van der Waals surface area contributed by atoms with E-state index < -0.39 is 10.0 Å². The van der Waals surface area contributed by atoms with Gasteiger partial charge in [-0.2, -0.15) is 0 Å². The first kappa shape index (κ1) is 25.7. The van der Waals surface area contributed by atoms with E-state index in [1.807, 2.05) is 6.07 Å². The number of carbonyl (C=O) groups excluding carboxylic acids is 2. The van der Waals surface area contributed by atoms with Crippen LogP contribution in [0.4, 0.5) is 11.4 Å². The molecule has 0 saturated heterocycles. The Morgan fingerprint density at radius 2 is 1.86 bits per heavy atom. The molecule has 3 aromatic rings. The lowest BCUT2D eigenvalue weighted by Crippen LogP contribution is -2.31. The van der Waals surface area contributed by atoms with Gasteiger partial charge in [0.1, 0.15) is 5.75 Å². The van der Waals surface area contributed by atoms with Crippen molar-refractivity contribution in [2.45, 2.75) is 19.4 Å². The summed E-state index contributed by atoms with van der Waals surface area (Å²) >= 11 is 0. The number of para-hydroxylation sites is 1. The van der Waals surface area contributed by atoms with E-state index in [4.69, 9.17) is 4.74 Å². The Balaban J connectivity index is 1.59. The second-order valence-electron chi connectivity index (χ2n) is 7.78. The van der Waals surface area contributed by atoms with Crippen molar-refractivity contribution in [3.8, 4) is 5.75 Å². The SMILES string of the molecule is COc1cccc(N(CCCC(=O)Nc2ccccc2C(=O)NCc2cccnc2)S(C)(=O)=O)c1. The largest absolute Gasteiger partial charge is 0.497 e. The minimum Gasteiger partial charge on any atom is -0.497 e. The molecule has 2 aromatic carbocycles. The van der Waals surface area contributed by atoms with E-state index in [-0.39, 0.29) is 31.2 Å². The number of sulfonamides is 1. The summed E-state index contributed by atoms with van der Waals surface area (Å²) in [5, 5.41) is 5.58. The van der Waals surface area contributed by atoms with Gasteiger partial charge in [0.25, 0.3) is 5.91 Å². The zero-order chi connectivity index (χ0) is 25.3. The topological polar surface area (TPSA) is 118 Å². The molecule has 0 unspecified atom stereocenters. The number of hydrogen-bond acceptors (Lipinski definition) is 6. The summed E-state index contributed by atoms with van der Waals surface area (Å²) in [5.74, 6) is -0.116. The first-order valence-electron chi connectivity index (χ1n) is 11.0.